The summed E-state index contributed by atoms with van der Waals surface area (Å²) in [5, 5.41) is 2.81. The highest BCUT2D eigenvalue weighted by Crippen LogP contribution is 2.30. The van der Waals surface area contributed by atoms with Crippen molar-refractivity contribution in [3.63, 3.8) is 0 Å². The van der Waals surface area contributed by atoms with Crippen LogP contribution in [-0.4, -0.2) is 31.4 Å². The Hall–Kier alpha value is -2.87. The second-order valence-electron chi connectivity index (χ2n) is 9.27. The zero-order valence-corrected chi connectivity index (χ0v) is 21.5. The number of nitrogens with one attached hydrogen (secondary N) is 4. The summed E-state index contributed by atoms with van der Waals surface area (Å²) < 4.78 is 64.6. The molecule has 0 fully saturated rings. The van der Waals surface area contributed by atoms with Crippen LogP contribution in [0.3, 0.4) is 0 Å². The molecule has 0 aliphatic carbocycles. The van der Waals surface area contributed by atoms with Gasteiger partial charge in [0, 0.05) is 12.1 Å². The van der Waals surface area contributed by atoms with E-state index < -0.39 is 22.1 Å². The van der Waals surface area contributed by atoms with Gasteiger partial charge in [-0.3, -0.25) is 25.2 Å². The van der Waals surface area contributed by atoms with Gasteiger partial charge in [-0.25, -0.2) is 13.4 Å². The van der Waals surface area contributed by atoms with Crippen molar-refractivity contribution in [1.82, 2.24) is 10.4 Å². The van der Waals surface area contributed by atoms with E-state index in [9.17, 15) is 31.2 Å². The summed E-state index contributed by atoms with van der Waals surface area (Å²) in [6.07, 6.45) is -3.91. The molecule has 1 aromatic carbocycles. The van der Waals surface area contributed by atoms with Gasteiger partial charge in [0.1, 0.15) is 0 Å². The largest absolute Gasteiger partial charge is 0.472 e. The van der Waals surface area contributed by atoms with Gasteiger partial charge in [-0.1, -0.05) is 39.0 Å². The fourth-order valence-electron chi connectivity index (χ4n) is 3.31. The molecule has 2 aromatic rings. The molecule has 1 unspecified atom stereocenters. The van der Waals surface area contributed by atoms with E-state index in [0.29, 0.717) is 0 Å². The molecule has 0 aliphatic heterocycles. The van der Waals surface area contributed by atoms with Gasteiger partial charge in [0.05, 0.1) is 11.4 Å². The summed E-state index contributed by atoms with van der Waals surface area (Å²) in [6.45, 7) is 9.74. The molecule has 9 nitrogen and oxygen atoms in total. The predicted octanol–water partition coefficient (Wildman–Crippen LogP) is 4.66. The summed E-state index contributed by atoms with van der Waals surface area (Å²) in [5.41, 5.74) is 4.09. The highest BCUT2D eigenvalue weighted by molar-refractivity contribution is 7.94. The quantitative estimate of drug-likeness (QED) is 0.346. The summed E-state index contributed by atoms with van der Waals surface area (Å²) in [5.74, 6) is -2.29. The average molecular weight is 536 g/mol. The van der Waals surface area contributed by atoms with Gasteiger partial charge in [-0.2, -0.15) is 13.2 Å². The number of rotatable bonds is 9. The van der Waals surface area contributed by atoms with E-state index in [1.165, 1.54) is 36.6 Å². The first-order chi connectivity index (χ1) is 16.0. The molecule has 0 spiro atoms. The van der Waals surface area contributed by atoms with E-state index in [4.69, 9.17) is 0 Å². The number of carbonyl (C=O) groups is 2. The van der Waals surface area contributed by atoms with Crippen molar-refractivity contribution in [2.45, 2.75) is 57.8 Å². The van der Waals surface area contributed by atoms with Gasteiger partial charge in [0.25, 0.3) is 10.0 Å². The molecule has 2 amide bonds. The number of hydrogen-bond donors (Lipinski definition) is 4. The van der Waals surface area contributed by atoms with Crippen molar-refractivity contribution in [2.24, 2.45) is 11.3 Å². The Labute approximate surface area is 205 Å². The normalized spacial score (nSPS) is 13.1. The van der Waals surface area contributed by atoms with Crippen molar-refractivity contribution in [3.8, 4) is 0 Å². The van der Waals surface area contributed by atoms with Crippen LogP contribution in [0, 0.1) is 18.3 Å². The lowest BCUT2D eigenvalue weighted by molar-refractivity contribution is -0.173. The first-order valence-corrected chi connectivity index (χ1v) is 12.8. The molecule has 1 atom stereocenters. The van der Waals surface area contributed by atoms with Gasteiger partial charge in [0.15, 0.2) is 9.34 Å². The Balaban J connectivity index is 2.02. The van der Waals surface area contributed by atoms with Crippen molar-refractivity contribution in [3.05, 3.63) is 30.0 Å². The summed E-state index contributed by atoms with van der Waals surface area (Å²) in [7, 11) is -4.05. The average Bonchev–Trinajstić information content (AvgIpc) is 3.05. The maximum atomic E-state index is 12.8. The van der Waals surface area contributed by atoms with Crippen LogP contribution < -0.4 is 20.9 Å². The van der Waals surface area contributed by atoms with E-state index >= 15 is 0 Å². The van der Waals surface area contributed by atoms with Crippen molar-refractivity contribution in [2.75, 3.05) is 15.5 Å². The minimum Gasteiger partial charge on any atom is -0.302 e. The van der Waals surface area contributed by atoms with Crippen molar-refractivity contribution in [1.29, 1.82) is 0 Å². The molecule has 0 radical (unpaired) electrons. The van der Waals surface area contributed by atoms with Gasteiger partial charge in [0.2, 0.25) is 5.91 Å². The molecule has 1 heterocycles. The number of carbonyl (C=O) groups excluding carboxylic acids is 2. The molecular formula is C21H28F3N5O4S2. The van der Waals surface area contributed by atoms with Crippen LogP contribution in [-0.2, 0) is 19.6 Å². The number of alkyl halides is 3. The van der Waals surface area contributed by atoms with Crippen LogP contribution in [0.4, 0.5) is 29.7 Å². The molecule has 0 bridgehead atoms. The minimum atomic E-state index is -5.04. The van der Waals surface area contributed by atoms with Gasteiger partial charge in [-0.05, 0) is 48.9 Å². The Kier molecular flexibility index (Phi) is 8.76. The number of hydrogen-bond acceptors (Lipinski definition) is 7. The second kappa shape index (κ2) is 10.8. The predicted molar refractivity (Wildman–Crippen MR) is 128 cm³/mol. The maximum absolute atomic E-state index is 12.8. The van der Waals surface area contributed by atoms with Crippen LogP contribution in [0.2, 0.25) is 0 Å². The first kappa shape index (κ1) is 28.4. The fourth-order valence-corrected chi connectivity index (χ4v) is 5.80. The van der Waals surface area contributed by atoms with Gasteiger partial charge in [-0.15, -0.1) is 0 Å². The Morgan fingerprint density at radius 3 is 2.20 bits per heavy atom. The smallest absolute Gasteiger partial charge is 0.302 e. The number of hydrazine groups is 1. The standard InChI is InChI=1S/C21H28F3N5O4S2/c1-12(11-20(3,4)5)10-16(30)26-19-25-13(2)17(34-19)35(32,33)29-15-8-6-14(7-9-15)27-28-18(31)21(22,23)24/h6-9,12,27,29H,10-11H2,1-5H3,(H,28,31)(H,25,26,30). The lowest BCUT2D eigenvalue weighted by Crippen LogP contribution is -2.40. The molecule has 0 saturated heterocycles. The lowest BCUT2D eigenvalue weighted by Gasteiger charge is -2.22. The lowest BCUT2D eigenvalue weighted by atomic mass is 9.84. The minimum absolute atomic E-state index is 0.0790. The van der Waals surface area contributed by atoms with E-state index in [1.807, 2.05) is 6.92 Å². The molecule has 1 aromatic heterocycles. The van der Waals surface area contributed by atoms with E-state index in [1.54, 1.807) is 0 Å². The topological polar surface area (TPSA) is 129 Å². The highest BCUT2D eigenvalue weighted by atomic mass is 32.2. The highest BCUT2D eigenvalue weighted by Gasteiger charge is 2.38. The summed E-state index contributed by atoms with van der Waals surface area (Å²) in [6, 6.07) is 5.15. The fraction of sp³-hybridized carbons (Fsp3) is 0.476. The Morgan fingerprint density at radius 1 is 1.09 bits per heavy atom. The number of nitrogens with zero attached hydrogens (tertiary/aromatic N) is 1. The van der Waals surface area contributed by atoms with Crippen LogP contribution in [0.5, 0.6) is 0 Å². The number of thiazole rings is 1. The molecule has 4 N–H and O–H groups in total. The Morgan fingerprint density at radius 2 is 1.66 bits per heavy atom. The second-order valence-corrected chi connectivity index (χ2v) is 12.2. The summed E-state index contributed by atoms with van der Waals surface area (Å²) >= 11 is 0.811. The number of aryl methyl sites for hydroxylation is 1. The van der Waals surface area contributed by atoms with Crippen LogP contribution in [0.15, 0.2) is 28.5 Å². The number of aromatic nitrogens is 1. The van der Waals surface area contributed by atoms with E-state index in [-0.39, 0.29) is 50.1 Å². The number of anilines is 3. The maximum Gasteiger partial charge on any atom is 0.472 e. The zero-order chi connectivity index (χ0) is 26.6. The Bertz CT molecular complexity index is 1160. The van der Waals surface area contributed by atoms with Gasteiger partial charge >= 0.3 is 12.1 Å². The van der Waals surface area contributed by atoms with E-state index in [0.717, 1.165) is 17.8 Å². The molecule has 2 rings (SSSR count). The van der Waals surface area contributed by atoms with Gasteiger partial charge < -0.3 is 5.32 Å². The van der Waals surface area contributed by atoms with Crippen LogP contribution in [0.1, 0.15) is 46.2 Å². The third-order valence-electron chi connectivity index (χ3n) is 4.45. The zero-order valence-electron chi connectivity index (χ0n) is 19.8. The van der Waals surface area contributed by atoms with Crippen LogP contribution in [0.25, 0.3) is 0 Å². The van der Waals surface area contributed by atoms with E-state index in [2.05, 4.69) is 41.2 Å². The molecule has 14 heteroatoms. The molecular weight excluding hydrogens is 507 g/mol. The third-order valence-corrected chi connectivity index (χ3v) is 7.52. The molecule has 0 saturated carbocycles. The van der Waals surface area contributed by atoms with Crippen molar-refractivity contribution < 1.29 is 31.2 Å². The summed E-state index contributed by atoms with van der Waals surface area (Å²) in [4.78, 5) is 27.3. The molecule has 0 aliphatic rings. The van der Waals surface area contributed by atoms with Crippen molar-refractivity contribution >= 4 is 49.7 Å². The SMILES string of the molecule is Cc1nc(NC(=O)CC(C)CC(C)(C)C)sc1S(=O)(=O)Nc1ccc(NNC(=O)C(F)(F)F)cc1. The number of amides is 2. The van der Waals surface area contributed by atoms with Crippen LogP contribution >= 0.6 is 11.3 Å². The molecule has 194 valence electrons. The number of benzene rings is 1. The number of sulfonamides is 1. The molecule has 35 heavy (non-hydrogen) atoms. The monoisotopic (exact) mass is 535 g/mol. The third kappa shape index (κ3) is 9.02. The number of halogens is 3. The first-order valence-electron chi connectivity index (χ1n) is 10.5.